The molecule has 7 nitrogen and oxygen atoms in total. The van der Waals surface area contributed by atoms with E-state index in [1.165, 1.54) is 0 Å². The van der Waals surface area contributed by atoms with Crippen LogP contribution in [0.15, 0.2) is 24.3 Å². The molecule has 0 unspecified atom stereocenters. The molecule has 138 valence electrons. The van der Waals surface area contributed by atoms with Crippen molar-refractivity contribution in [2.75, 3.05) is 40.5 Å². The van der Waals surface area contributed by atoms with Gasteiger partial charge in [0, 0.05) is 32.2 Å². The fourth-order valence-electron chi connectivity index (χ4n) is 3.29. The first-order valence-corrected chi connectivity index (χ1v) is 8.44. The van der Waals surface area contributed by atoms with Crippen molar-refractivity contribution in [3.8, 4) is 5.75 Å². The first-order valence-electron chi connectivity index (χ1n) is 8.44. The lowest BCUT2D eigenvalue weighted by atomic mass is 9.83. The maximum atomic E-state index is 12.6. The molecule has 2 amide bonds. The van der Waals surface area contributed by atoms with Crippen LogP contribution in [0.2, 0.25) is 0 Å². The topological polar surface area (TPSA) is 88.1 Å². The van der Waals surface area contributed by atoms with Gasteiger partial charge in [0.05, 0.1) is 32.3 Å². The van der Waals surface area contributed by atoms with E-state index in [4.69, 9.17) is 14.6 Å². The number of likely N-dealkylation sites (tertiary alicyclic amines) is 1. The summed E-state index contributed by atoms with van der Waals surface area (Å²) in [6.07, 6.45) is 0.773. The molecule has 1 saturated heterocycles. The van der Waals surface area contributed by atoms with Gasteiger partial charge in [0.2, 0.25) is 11.8 Å². The van der Waals surface area contributed by atoms with Crippen LogP contribution in [-0.2, 0) is 14.3 Å². The molecule has 2 rings (SSSR count). The van der Waals surface area contributed by atoms with Crippen LogP contribution in [0.4, 0.5) is 0 Å². The molecular weight excluding hydrogens is 324 g/mol. The van der Waals surface area contributed by atoms with Gasteiger partial charge in [-0.05, 0) is 12.5 Å². The van der Waals surface area contributed by atoms with Crippen LogP contribution in [0.3, 0.4) is 0 Å². The van der Waals surface area contributed by atoms with Gasteiger partial charge in [-0.1, -0.05) is 18.2 Å². The lowest BCUT2D eigenvalue weighted by Gasteiger charge is -2.41. The molecule has 0 radical (unpaired) electrons. The normalized spacial score (nSPS) is 20.4. The Kier molecular flexibility index (Phi) is 7.21. The van der Waals surface area contributed by atoms with Crippen LogP contribution in [-0.4, -0.2) is 62.3 Å². The van der Waals surface area contributed by atoms with E-state index in [9.17, 15) is 9.59 Å². The quantitative estimate of drug-likeness (QED) is 0.722. The van der Waals surface area contributed by atoms with Crippen LogP contribution in [0.25, 0.3) is 0 Å². The number of ether oxygens (including phenoxy) is 2. The molecule has 1 fully saturated rings. The minimum atomic E-state index is -0.425. The number of piperidine rings is 1. The summed E-state index contributed by atoms with van der Waals surface area (Å²) >= 11 is 0. The largest absolute Gasteiger partial charge is 0.496 e. The summed E-state index contributed by atoms with van der Waals surface area (Å²) in [5.74, 6) is 0.0704. The summed E-state index contributed by atoms with van der Waals surface area (Å²) < 4.78 is 10.6. The molecule has 1 heterocycles. The number of carbonyl (C=O) groups is 2. The maximum absolute atomic E-state index is 12.6. The Morgan fingerprint density at radius 1 is 1.36 bits per heavy atom. The molecule has 0 bridgehead atoms. The Labute approximate surface area is 147 Å². The van der Waals surface area contributed by atoms with Gasteiger partial charge in [0.1, 0.15) is 5.75 Å². The number of benzene rings is 1. The van der Waals surface area contributed by atoms with Gasteiger partial charge in [0.15, 0.2) is 0 Å². The van der Waals surface area contributed by atoms with Gasteiger partial charge in [-0.25, -0.2) is 0 Å². The number of hydrogen-bond donors (Lipinski definition) is 2. The Morgan fingerprint density at radius 2 is 2.12 bits per heavy atom. The molecule has 2 atom stereocenters. The van der Waals surface area contributed by atoms with E-state index in [1.54, 1.807) is 19.1 Å². The molecule has 25 heavy (non-hydrogen) atoms. The lowest BCUT2D eigenvalue weighted by Crippen LogP contribution is -2.49. The summed E-state index contributed by atoms with van der Waals surface area (Å²) in [7, 11) is 3.15. The van der Waals surface area contributed by atoms with Gasteiger partial charge in [-0.15, -0.1) is 0 Å². The highest BCUT2D eigenvalue weighted by Gasteiger charge is 2.41. The minimum Gasteiger partial charge on any atom is -0.496 e. The summed E-state index contributed by atoms with van der Waals surface area (Å²) in [4.78, 5) is 26.9. The third-order valence-corrected chi connectivity index (χ3v) is 4.45. The molecule has 1 aromatic carbocycles. The van der Waals surface area contributed by atoms with Crippen molar-refractivity contribution < 1.29 is 24.2 Å². The number of hydrogen-bond acceptors (Lipinski definition) is 5. The fraction of sp³-hybridized carbons (Fsp3) is 0.556. The third-order valence-electron chi connectivity index (χ3n) is 4.45. The molecule has 1 aliphatic rings. The van der Waals surface area contributed by atoms with Crippen molar-refractivity contribution in [2.24, 2.45) is 5.92 Å². The number of rotatable bonds is 8. The zero-order valence-corrected chi connectivity index (χ0v) is 14.7. The maximum Gasteiger partial charge on any atom is 0.225 e. The lowest BCUT2D eigenvalue weighted by molar-refractivity contribution is -0.144. The number of nitrogens with one attached hydrogen (secondary N) is 1. The molecule has 0 aliphatic carbocycles. The standard InChI is InChI=1S/C18H26N2O5/c1-24-12-10-20-16(22)8-7-14(18(23)19-9-11-21)17(20)13-5-3-4-6-15(13)25-2/h3-6,14,17,21H,7-12H2,1-2H3,(H,19,23)/t14-,17+/m1/s1. The highest BCUT2D eigenvalue weighted by Crippen LogP contribution is 2.40. The van der Waals surface area contributed by atoms with E-state index in [1.807, 2.05) is 24.3 Å². The predicted molar refractivity (Wildman–Crippen MR) is 92.1 cm³/mol. The zero-order valence-electron chi connectivity index (χ0n) is 14.7. The third kappa shape index (κ3) is 4.49. The first-order chi connectivity index (χ1) is 12.1. The van der Waals surface area contributed by atoms with E-state index >= 15 is 0 Å². The average molecular weight is 350 g/mol. The number of methoxy groups -OCH3 is 2. The second-order valence-electron chi connectivity index (χ2n) is 5.93. The van der Waals surface area contributed by atoms with Crippen molar-refractivity contribution in [1.29, 1.82) is 0 Å². The van der Waals surface area contributed by atoms with Gasteiger partial charge < -0.3 is 24.8 Å². The molecule has 1 aromatic rings. The van der Waals surface area contributed by atoms with Crippen molar-refractivity contribution in [2.45, 2.75) is 18.9 Å². The molecule has 2 N–H and O–H groups in total. The van der Waals surface area contributed by atoms with Crippen LogP contribution in [0, 0.1) is 5.92 Å². The summed E-state index contributed by atoms with van der Waals surface area (Å²) in [5, 5.41) is 11.7. The number of nitrogens with zero attached hydrogens (tertiary/aromatic N) is 1. The molecule has 0 saturated carbocycles. The minimum absolute atomic E-state index is 0.000774. The van der Waals surface area contributed by atoms with E-state index in [0.717, 1.165) is 5.56 Å². The Balaban J connectivity index is 2.40. The molecule has 0 spiro atoms. The second-order valence-corrected chi connectivity index (χ2v) is 5.93. The second kappa shape index (κ2) is 9.39. The highest BCUT2D eigenvalue weighted by atomic mass is 16.5. The fourth-order valence-corrected chi connectivity index (χ4v) is 3.29. The van der Waals surface area contributed by atoms with Crippen LogP contribution in [0.5, 0.6) is 5.75 Å². The molecule has 0 aromatic heterocycles. The van der Waals surface area contributed by atoms with Crippen molar-refractivity contribution in [3.63, 3.8) is 0 Å². The number of para-hydroxylation sites is 1. The summed E-state index contributed by atoms with van der Waals surface area (Å²) in [6, 6.07) is 7.01. The van der Waals surface area contributed by atoms with E-state index < -0.39 is 12.0 Å². The van der Waals surface area contributed by atoms with Crippen molar-refractivity contribution >= 4 is 11.8 Å². The monoisotopic (exact) mass is 350 g/mol. The Bertz CT molecular complexity index is 593. The van der Waals surface area contributed by atoms with Crippen molar-refractivity contribution in [3.05, 3.63) is 29.8 Å². The summed E-state index contributed by atoms with van der Waals surface area (Å²) in [5.41, 5.74) is 0.804. The number of amides is 2. The van der Waals surface area contributed by atoms with E-state index in [-0.39, 0.29) is 25.0 Å². The zero-order chi connectivity index (χ0) is 18.2. The molecule has 7 heteroatoms. The van der Waals surface area contributed by atoms with Crippen LogP contribution < -0.4 is 10.1 Å². The average Bonchev–Trinajstić information content (AvgIpc) is 2.64. The Morgan fingerprint density at radius 3 is 2.80 bits per heavy atom. The SMILES string of the molecule is COCCN1C(=O)CC[C@@H](C(=O)NCCO)[C@@H]1c1ccccc1OC. The van der Waals surface area contributed by atoms with Crippen LogP contribution in [0.1, 0.15) is 24.4 Å². The predicted octanol–water partition coefficient (Wildman–Crippen LogP) is 0.730. The smallest absolute Gasteiger partial charge is 0.225 e. The molecule has 1 aliphatic heterocycles. The number of aliphatic hydroxyl groups excluding tert-OH is 1. The van der Waals surface area contributed by atoms with Gasteiger partial charge in [-0.2, -0.15) is 0 Å². The van der Waals surface area contributed by atoms with Gasteiger partial charge in [-0.3, -0.25) is 9.59 Å². The van der Waals surface area contributed by atoms with Gasteiger partial charge >= 0.3 is 0 Å². The van der Waals surface area contributed by atoms with E-state index in [0.29, 0.717) is 31.7 Å². The molecular formula is C18H26N2O5. The number of carbonyl (C=O) groups excluding carboxylic acids is 2. The van der Waals surface area contributed by atoms with E-state index in [2.05, 4.69) is 5.32 Å². The first kappa shape index (κ1) is 19.2. The number of aliphatic hydroxyl groups is 1. The van der Waals surface area contributed by atoms with Crippen molar-refractivity contribution in [1.82, 2.24) is 10.2 Å². The highest BCUT2D eigenvalue weighted by molar-refractivity contribution is 5.85. The Hall–Kier alpha value is -2.12. The van der Waals surface area contributed by atoms with Gasteiger partial charge in [0.25, 0.3) is 0 Å². The van der Waals surface area contributed by atoms with Crippen LogP contribution >= 0.6 is 0 Å². The summed E-state index contributed by atoms with van der Waals surface area (Å²) in [6.45, 7) is 0.869.